The minimum absolute atomic E-state index is 0.0639. The molecule has 1 heterocycles. The summed E-state index contributed by atoms with van der Waals surface area (Å²) in [4.78, 5) is 28.4. The third kappa shape index (κ3) is 3.86. The summed E-state index contributed by atoms with van der Waals surface area (Å²) < 4.78 is 5.28. The number of carbonyl (C=O) groups is 2. The molecule has 30 heavy (non-hydrogen) atoms. The quantitative estimate of drug-likeness (QED) is 0.655. The van der Waals surface area contributed by atoms with Crippen molar-refractivity contribution in [3.63, 3.8) is 0 Å². The fourth-order valence-electron chi connectivity index (χ4n) is 6.52. The highest BCUT2D eigenvalue weighted by molar-refractivity contribution is 8.01. The molecule has 0 saturated heterocycles. The molecule has 1 amide bonds. The number of esters is 1. The molecule has 4 bridgehead atoms. The summed E-state index contributed by atoms with van der Waals surface area (Å²) in [5.41, 5.74) is 2.04. The lowest BCUT2D eigenvalue weighted by atomic mass is 9.56. The Kier molecular flexibility index (Phi) is 5.30. The number of nitrogens with one attached hydrogen (secondary N) is 2. The fraction of sp³-hybridized carbons (Fsp3) is 0.583. The number of para-hydroxylation sites is 1. The molecule has 2 N–H and O–H groups in total. The number of fused-ring (bicyclic) bond motifs is 1. The number of aromatic amines is 1. The first-order chi connectivity index (χ1) is 14.5. The molecule has 0 spiro atoms. The van der Waals surface area contributed by atoms with Crippen LogP contribution in [-0.2, 0) is 20.7 Å². The van der Waals surface area contributed by atoms with Crippen LogP contribution in [0.4, 0.5) is 0 Å². The first kappa shape index (κ1) is 20.0. The van der Waals surface area contributed by atoms with Gasteiger partial charge in [-0.2, -0.15) is 0 Å². The van der Waals surface area contributed by atoms with Crippen LogP contribution in [0.25, 0.3) is 10.9 Å². The highest BCUT2D eigenvalue weighted by Gasteiger charge is 2.51. The monoisotopic (exact) mass is 426 g/mol. The van der Waals surface area contributed by atoms with Gasteiger partial charge in [-0.25, -0.2) is 4.79 Å². The Balaban J connectivity index is 1.23. The number of methoxy groups -OCH3 is 1. The summed E-state index contributed by atoms with van der Waals surface area (Å²) in [6.07, 6.45) is 10.4. The van der Waals surface area contributed by atoms with Crippen LogP contribution in [0.2, 0.25) is 0 Å². The molecular formula is C24H30N2O3S. The second-order valence-corrected chi connectivity index (χ2v) is 11.0. The normalized spacial score (nSPS) is 30.4. The van der Waals surface area contributed by atoms with Gasteiger partial charge in [0.05, 0.1) is 12.9 Å². The second kappa shape index (κ2) is 7.95. The van der Waals surface area contributed by atoms with E-state index in [1.54, 1.807) is 0 Å². The van der Waals surface area contributed by atoms with E-state index in [-0.39, 0.29) is 5.91 Å². The molecule has 4 saturated carbocycles. The van der Waals surface area contributed by atoms with Crippen LogP contribution in [0.1, 0.15) is 44.1 Å². The predicted molar refractivity (Wildman–Crippen MR) is 119 cm³/mol. The van der Waals surface area contributed by atoms with E-state index < -0.39 is 12.0 Å². The zero-order valence-corrected chi connectivity index (χ0v) is 18.3. The van der Waals surface area contributed by atoms with E-state index in [2.05, 4.69) is 10.3 Å². The minimum Gasteiger partial charge on any atom is -0.467 e. The number of rotatable bonds is 7. The number of aromatic nitrogens is 1. The summed E-state index contributed by atoms with van der Waals surface area (Å²) in [6, 6.07) is 7.32. The predicted octanol–water partition coefficient (Wildman–Crippen LogP) is 4.07. The summed E-state index contributed by atoms with van der Waals surface area (Å²) in [5.74, 6) is 2.58. The van der Waals surface area contributed by atoms with Crippen molar-refractivity contribution in [2.24, 2.45) is 17.8 Å². The maximum atomic E-state index is 12.8. The van der Waals surface area contributed by atoms with Crippen LogP contribution in [0.15, 0.2) is 30.5 Å². The van der Waals surface area contributed by atoms with Crippen molar-refractivity contribution in [3.8, 4) is 0 Å². The number of thioether (sulfide) groups is 1. The van der Waals surface area contributed by atoms with E-state index in [4.69, 9.17) is 4.74 Å². The average Bonchev–Trinajstić information content (AvgIpc) is 3.13. The Bertz CT molecular complexity index is 918. The van der Waals surface area contributed by atoms with Crippen molar-refractivity contribution in [2.45, 2.75) is 55.7 Å². The van der Waals surface area contributed by atoms with Gasteiger partial charge in [0.1, 0.15) is 6.04 Å². The Morgan fingerprint density at radius 1 is 1.17 bits per heavy atom. The summed E-state index contributed by atoms with van der Waals surface area (Å²) in [7, 11) is 1.38. The average molecular weight is 427 g/mol. The van der Waals surface area contributed by atoms with Crippen molar-refractivity contribution in [1.29, 1.82) is 0 Å². The molecule has 0 radical (unpaired) electrons. The molecule has 1 aromatic heterocycles. The highest BCUT2D eigenvalue weighted by atomic mass is 32.2. The molecule has 6 rings (SSSR count). The molecule has 4 fully saturated rings. The van der Waals surface area contributed by atoms with E-state index in [0.717, 1.165) is 34.2 Å². The Hall–Kier alpha value is -1.95. The highest BCUT2D eigenvalue weighted by Crippen LogP contribution is 2.60. The number of ether oxygens (including phenoxy) is 1. The van der Waals surface area contributed by atoms with Crippen LogP contribution < -0.4 is 5.32 Å². The Morgan fingerprint density at radius 2 is 1.83 bits per heavy atom. The fourth-order valence-corrected chi connectivity index (χ4v) is 8.10. The third-order valence-electron chi connectivity index (χ3n) is 7.41. The van der Waals surface area contributed by atoms with Gasteiger partial charge >= 0.3 is 5.97 Å². The molecule has 5 nitrogen and oxygen atoms in total. The molecule has 0 aliphatic heterocycles. The van der Waals surface area contributed by atoms with Crippen molar-refractivity contribution < 1.29 is 14.3 Å². The van der Waals surface area contributed by atoms with Gasteiger partial charge in [-0.15, -0.1) is 11.8 Å². The first-order valence-corrected chi connectivity index (χ1v) is 12.1. The molecule has 4 aliphatic carbocycles. The molecule has 1 atom stereocenters. The van der Waals surface area contributed by atoms with Gasteiger partial charge in [0.2, 0.25) is 5.91 Å². The standard InChI is InChI=1S/C24H30N2O3S/c1-29-23(28)21(9-18-13-25-20-5-3-2-4-19(18)20)26-22(27)14-30-24-10-15-6-16(11-24)8-17(7-15)12-24/h2-5,13,15-17,21,25H,6-12,14H2,1H3,(H,26,27)/t15?,16?,17?,21-,24?/m1/s1. The zero-order chi connectivity index (χ0) is 20.7. The lowest BCUT2D eigenvalue weighted by molar-refractivity contribution is -0.144. The van der Waals surface area contributed by atoms with Crippen molar-refractivity contribution in [3.05, 3.63) is 36.0 Å². The number of hydrogen-bond donors (Lipinski definition) is 2. The number of carbonyl (C=O) groups excluding carboxylic acids is 2. The molecule has 1 aromatic carbocycles. The number of benzene rings is 1. The van der Waals surface area contributed by atoms with Gasteiger partial charge in [0.15, 0.2) is 0 Å². The molecule has 160 valence electrons. The van der Waals surface area contributed by atoms with Gasteiger partial charge in [-0.05, 0) is 67.9 Å². The topological polar surface area (TPSA) is 71.2 Å². The molecule has 2 aromatic rings. The number of amides is 1. The first-order valence-electron chi connectivity index (χ1n) is 11.1. The third-order valence-corrected chi connectivity index (χ3v) is 8.93. The lowest BCUT2D eigenvalue weighted by Gasteiger charge is -2.56. The lowest BCUT2D eigenvalue weighted by Crippen LogP contribution is -2.49. The van der Waals surface area contributed by atoms with Crippen LogP contribution in [-0.4, -0.2) is 40.5 Å². The van der Waals surface area contributed by atoms with Crippen LogP contribution >= 0.6 is 11.8 Å². The van der Waals surface area contributed by atoms with Crippen molar-refractivity contribution >= 4 is 34.5 Å². The van der Waals surface area contributed by atoms with E-state index in [1.807, 2.05) is 42.2 Å². The number of hydrogen-bond acceptors (Lipinski definition) is 4. The van der Waals surface area contributed by atoms with E-state index in [9.17, 15) is 9.59 Å². The number of H-pyrrole nitrogens is 1. The minimum atomic E-state index is -0.668. The maximum Gasteiger partial charge on any atom is 0.328 e. The van der Waals surface area contributed by atoms with Crippen LogP contribution in [0.5, 0.6) is 0 Å². The van der Waals surface area contributed by atoms with Gasteiger partial charge in [0.25, 0.3) is 0 Å². The van der Waals surface area contributed by atoms with E-state index >= 15 is 0 Å². The van der Waals surface area contributed by atoms with Gasteiger partial charge < -0.3 is 15.0 Å². The van der Waals surface area contributed by atoms with Crippen molar-refractivity contribution in [2.75, 3.05) is 12.9 Å². The van der Waals surface area contributed by atoms with E-state index in [1.165, 1.54) is 45.6 Å². The largest absolute Gasteiger partial charge is 0.467 e. The second-order valence-electron chi connectivity index (χ2n) is 9.60. The van der Waals surface area contributed by atoms with Gasteiger partial charge in [0, 0.05) is 28.3 Å². The van der Waals surface area contributed by atoms with E-state index in [0.29, 0.717) is 16.9 Å². The molecule has 6 heteroatoms. The Morgan fingerprint density at radius 3 is 2.50 bits per heavy atom. The SMILES string of the molecule is COC(=O)[C@@H](Cc1c[nH]c2ccccc12)NC(=O)CSC12CC3CC(CC(C3)C1)C2. The van der Waals surface area contributed by atoms with Crippen LogP contribution in [0, 0.1) is 17.8 Å². The molecule has 4 aliphatic rings. The van der Waals surface area contributed by atoms with Gasteiger partial charge in [-0.3, -0.25) is 4.79 Å². The van der Waals surface area contributed by atoms with Crippen LogP contribution in [0.3, 0.4) is 0 Å². The molecular weight excluding hydrogens is 396 g/mol. The summed E-state index contributed by atoms with van der Waals surface area (Å²) in [5, 5.41) is 4.03. The van der Waals surface area contributed by atoms with Gasteiger partial charge in [-0.1, -0.05) is 18.2 Å². The Labute approximate surface area is 181 Å². The smallest absolute Gasteiger partial charge is 0.328 e. The van der Waals surface area contributed by atoms with Crippen molar-refractivity contribution in [1.82, 2.24) is 10.3 Å². The zero-order valence-electron chi connectivity index (χ0n) is 17.5. The molecule has 0 unspecified atom stereocenters. The maximum absolute atomic E-state index is 12.8. The summed E-state index contributed by atoms with van der Waals surface area (Å²) >= 11 is 1.84. The summed E-state index contributed by atoms with van der Waals surface area (Å²) in [6.45, 7) is 0.